The van der Waals surface area contributed by atoms with Crippen LogP contribution in [-0.4, -0.2) is 12.1 Å². The van der Waals surface area contributed by atoms with Gasteiger partial charge >= 0.3 is 0 Å². The van der Waals surface area contributed by atoms with Gasteiger partial charge in [0.1, 0.15) is 11.8 Å². The third-order valence-electron chi connectivity index (χ3n) is 2.75. The van der Waals surface area contributed by atoms with Gasteiger partial charge in [0.2, 0.25) is 0 Å². The molecule has 0 atom stereocenters. The Bertz CT molecular complexity index is 642. The molecule has 0 aliphatic heterocycles. The summed E-state index contributed by atoms with van der Waals surface area (Å²) in [5.41, 5.74) is 8.36. The van der Waals surface area contributed by atoms with E-state index in [-0.39, 0.29) is 0 Å². The first kappa shape index (κ1) is 12.7. The summed E-state index contributed by atoms with van der Waals surface area (Å²) in [6.45, 7) is 0. The fourth-order valence-corrected chi connectivity index (χ4v) is 1.80. The Morgan fingerprint density at radius 2 is 1.89 bits per heavy atom. The lowest BCUT2D eigenvalue weighted by Gasteiger charge is -2.10. The highest BCUT2D eigenvalue weighted by molar-refractivity contribution is 5.97. The summed E-state index contributed by atoms with van der Waals surface area (Å²) in [6, 6.07) is 13.0. The van der Waals surface area contributed by atoms with Crippen molar-refractivity contribution in [3.8, 4) is 11.8 Å². The number of hydrogen-bond acceptors (Lipinski definition) is 4. The number of nitriles is 1. The minimum absolute atomic E-state index is 0.395. The monoisotopic (exact) mass is 251 g/mol. The zero-order chi connectivity index (χ0) is 13.7. The van der Waals surface area contributed by atoms with E-state index in [1.807, 2.05) is 24.3 Å². The number of ether oxygens (including phenoxy) is 1. The van der Waals surface area contributed by atoms with Gasteiger partial charge in [-0.3, -0.25) is 4.98 Å². The molecule has 19 heavy (non-hydrogen) atoms. The first-order valence-corrected chi connectivity index (χ1v) is 5.71. The van der Waals surface area contributed by atoms with Gasteiger partial charge < -0.3 is 10.5 Å². The minimum Gasteiger partial charge on any atom is -0.496 e. The van der Waals surface area contributed by atoms with Gasteiger partial charge in [-0.05, 0) is 29.8 Å². The van der Waals surface area contributed by atoms with Crippen LogP contribution in [0.5, 0.6) is 5.75 Å². The lowest BCUT2D eigenvalue weighted by atomic mass is 10.0. The molecule has 0 radical (unpaired) electrons. The van der Waals surface area contributed by atoms with Crippen LogP contribution < -0.4 is 10.5 Å². The van der Waals surface area contributed by atoms with Crippen molar-refractivity contribution < 1.29 is 4.74 Å². The van der Waals surface area contributed by atoms with Crippen molar-refractivity contribution in [2.24, 2.45) is 5.73 Å². The number of rotatable bonds is 3. The number of aromatic nitrogens is 1. The molecule has 1 aromatic carbocycles. The predicted octanol–water partition coefficient (Wildman–Crippen LogP) is 2.44. The molecule has 94 valence electrons. The summed E-state index contributed by atoms with van der Waals surface area (Å²) in [4.78, 5) is 3.93. The molecule has 0 aliphatic rings. The Balaban J connectivity index is 2.59. The molecule has 0 amide bonds. The fourth-order valence-electron chi connectivity index (χ4n) is 1.80. The maximum atomic E-state index is 9.33. The van der Waals surface area contributed by atoms with Crippen LogP contribution in [0.3, 0.4) is 0 Å². The topological polar surface area (TPSA) is 71.9 Å². The van der Waals surface area contributed by atoms with Crippen LogP contribution in [0.4, 0.5) is 0 Å². The smallest absolute Gasteiger partial charge is 0.128 e. The van der Waals surface area contributed by atoms with E-state index in [4.69, 9.17) is 10.5 Å². The van der Waals surface area contributed by atoms with E-state index in [1.54, 1.807) is 31.6 Å². The second-order valence-electron chi connectivity index (χ2n) is 3.84. The average molecular weight is 251 g/mol. The first-order valence-electron chi connectivity index (χ1n) is 5.71. The molecule has 0 saturated heterocycles. The van der Waals surface area contributed by atoms with Gasteiger partial charge in [-0.15, -0.1) is 0 Å². The quantitative estimate of drug-likeness (QED) is 0.850. The molecule has 0 bridgehead atoms. The summed E-state index contributed by atoms with van der Waals surface area (Å²) < 4.78 is 5.26. The van der Waals surface area contributed by atoms with Crippen molar-refractivity contribution in [2.75, 3.05) is 7.11 Å². The summed E-state index contributed by atoms with van der Waals surface area (Å²) in [5, 5.41) is 9.33. The van der Waals surface area contributed by atoms with Crippen LogP contribution in [0.1, 0.15) is 11.1 Å². The standard InChI is InChI=1S/C15H13N3O/c1-19-14-5-3-2-4-12(14)15(17)13(10-16)11-6-8-18-9-7-11/h2-9H,17H2,1H3/b15-13+. The molecule has 0 unspecified atom stereocenters. The number of benzene rings is 1. The highest BCUT2D eigenvalue weighted by atomic mass is 16.5. The van der Waals surface area contributed by atoms with Crippen molar-refractivity contribution in [2.45, 2.75) is 0 Å². The Hall–Kier alpha value is -2.80. The van der Waals surface area contributed by atoms with Gasteiger partial charge in [0, 0.05) is 18.0 Å². The summed E-state index contributed by atoms with van der Waals surface area (Å²) in [6.07, 6.45) is 3.25. The molecule has 0 fully saturated rings. The van der Waals surface area contributed by atoms with Crippen LogP contribution in [0.25, 0.3) is 11.3 Å². The van der Waals surface area contributed by atoms with Crippen molar-refractivity contribution in [3.05, 3.63) is 59.9 Å². The van der Waals surface area contributed by atoms with E-state index in [0.717, 1.165) is 5.56 Å². The number of pyridine rings is 1. The SMILES string of the molecule is COc1ccccc1/C(N)=C(/C#N)c1ccncc1. The lowest BCUT2D eigenvalue weighted by molar-refractivity contribution is 0.413. The Morgan fingerprint density at radius 3 is 2.53 bits per heavy atom. The average Bonchev–Trinajstić information content (AvgIpc) is 2.49. The molecular formula is C15H13N3O. The maximum absolute atomic E-state index is 9.33. The number of hydrogen-bond donors (Lipinski definition) is 1. The van der Waals surface area contributed by atoms with Crippen LogP contribution in [-0.2, 0) is 0 Å². The summed E-state index contributed by atoms with van der Waals surface area (Å²) in [5.74, 6) is 0.641. The van der Waals surface area contributed by atoms with Crippen molar-refractivity contribution in [3.63, 3.8) is 0 Å². The second-order valence-corrected chi connectivity index (χ2v) is 3.84. The van der Waals surface area contributed by atoms with Crippen LogP contribution in [0, 0.1) is 11.3 Å². The second kappa shape index (κ2) is 5.69. The van der Waals surface area contributed by atoms with Gasteiger partial charge in [0.15, 0.2) is 0 Å². The molecule has 2 rings (SSSR count). The third-order valence-corrected chi connectivity index (χ3v) is 2.75. The molecule has 4 heteroatoms. The van der Waals surface area contributed by atoms with Crippen LogP contribution in [0.2, 0.25) is 0 Å². The predicted molar refractivity (Wildman–Crippen MR) is 73.8 cm³/mol. The molecule has 1 heterocycles. The minimum atomic E-state index is 0.395. The van der Waals surface area contributed by atoms with Crippen molar-refractivity contribution in [1.29, 1.82) is 5.26 Å². The Labute approximate surface area is 111 Å². The van der Waals surface area contributed by atoms with E-state index in [1.165, 1.54) is 0 Å². The van der Waals surface area contributed by atoms with Crippen molar-refractivity contribution >= 4 is 11.3 Å². The summed E-state index contributed by atoms with van der Waals surface area (Å²) >= 11 is 0. The van der Waals surface area contributed by atoms with E-state index >= 15 is 0 Å². The number of nitrogens with zero attached hydrogens (tertiary/aromatic N) is 2. The third kappa shape index (κ3) is 2.55. The highest BCUT2D eigenvalue weighted by Gasteiger charge is 2.11. The Morgan fingerprint density at radius 1 is 1.21 bits per heavy atom. The number of nitrogens with two attached hydrogens (primary N) is 1. The van der Waals surface area contributed by atoms with Gasteiger partial charge in [-0.1, -0.05) is 12.1 Å². The number of allylic oxidation sites excluding steroid dienone is 1. The summed E-state index contributed by atoms with van der Waals surface area (Å²) in [7, 11) is 1.57. The normalized spacial score (nSPS) is 11.4. The van der Waals surface area contributed by atoms with Gasteiger partial charge in [0.05, 0.1) is 18.4 Å². The van der Waals surface area contributed by atoms with Crippen LogP contribution >= 0.6 is 0 Å². The lowest BCUT2D eigenvalue weighted by Crippen LogP contribution is -2.03. The van der Waals surface area contributed by atoms with E-state index < -0.39 is 0 Å². The van der Waals surface area contributed by atoms with Gasteiger partial charge in [-0.2, -0.15) is 5.26 Å². The number of methoxy groups -OCH3 is 1. The molecule has 1 aromatic heterocycles. The largest absolute Gasteiger partial charge is 0.496 e. The molecule has 2 aromatic rings. The van der Waals surface area contributed by atoms with E-state index in [0.29, 0.717) is 22.6 Å². The Kier molecular flexibility index (Phi) is 3.79. The molecule has 0 spiro atoms. The highest BCUT2D eigenvalue weighted by Crippen LogP contribution is 2.28. The molecular weight excluding hydrogens is 238 g/mol. The molecule has 0 saturated carbocycles. The molecule has 0 aliphatic carbocycles. The fraction of sp³-hybridized carbons (Fsp3) is 0.0667. The van der Waals surface area contributed by atoms with Gasteiger partial charge in [-0.25, -0.2) is 0 Å². The number of para-hydroxylation sites is 1. The van der Waals surface area contributed by atoms with E-state index in [9.17, 15) is 5.26 Å². The zero-order valence-corrected chi connectivity index (χ0v) is 10.5. The van der Waals surface area contributed by atoms with Gasteiger partial charge in [0.25, 0.3) is 0 Å². The molecule has 2 N–H and O–H groups in total. The van der Waals surface area contributed by atoms with Crippen LogP contribution in [0.15, 0.2) is 48.8 Å². The zero-order valence-electron chi connectivity index (χ0n) is 10.5. The van der Waals surface area contributed by atoms with E-state index in [2.05, 4.69) is 11.1 Å². The van der Waals surface area contributed by atoms with Crippen molar-refractivity contribution in [1.82, 2.24) is 4.98 Å². The molecule has 4 nitrogen and oxygen atoms in total. The maximum Gasteiger partial charge on any atom is 0.128 e. The first-order chi connectivity index (χ1) is 9.27.